The van der Waals surface area contributed by atoms with E-state index in [4.69, 9.17) is 5.11 Å². The molecule has 0 radical (unpaired) electrons. The summed E-state index contributed by atoms with van der Waals surface area (Å²) in [6.07, 6.45) is 2.93. The van der Waals surface area contributed by atoms with E-state index in [9.17, 15) is 4.39 Å². The lowest BCUT2D eigenvalue weighted by Gasteiger charge is -2.18. The summed E-state index contributed by atoms with van der Waals surface area (Å²) in [4.78, 5) is 4.45. The number of nitrogens with zero attached hydrogens (tertiary/aromatic N) is 1. The van der Waals surface area contributed by atoms with Gasteiger partial charge in [-0.1, -0.05) is 29.3 Å². The van der Waals surface area contributed by atoms with Gasteiger partial charge in [-0.2, -0.15) is 0 Å². The SMILES string of the molecule is CCCC(CCO)CNC(=NCc1cc(Br)ccc1F)NCC. The van der Waals surface area contributed by atoms with Crippen LogP contribution in [0, 0.1) is 11.7 Å². The molecule has 1 rings (SSSR count). The number of rotatable bonds is 9. The Morgan fingerprint density at radius 3 is 2.74 bits per heavy atom. The Kier molecular flexibility index (Phi) is 9.87. The minimum atomic E-state index is -0.253. The third-order valence-electron chi connectivity index (χ3n) is 3.55. The number of aliphatic hydroxyl groups is 1. The fourth-order valence-electron chi connectivity index (χ4n) is 2.35. The van der Waals surface area contributed by atoms with Gasteiger partial charge in [-0.15, -0.1) is 0 Å². The first-order chi connectivity index (χ1) is 11.1. The number of nitrogens with one attached hydrogen (secondary N) is 2. The molecule has 3 N–H and O–H groups in total. The van der Waals surface area contributed by atoms with E-state index in [0.717, 1.165) is 36.8 Å². The van der Waals surface area contributed by atoms with Gasteiger partial charge in [0.05, 0.1) is 6.54 Å². The van der Waals surface area contributed by atoms with Crippen molar-refractivity contribution in [1.29, 1.82) is 0 Å². The van der Waals surface area contributed by atoms with Crippen LogP contribution >= 0.6 is 15.9 Å². The Bertz CT molecular complexity index is 491. The lowest BCUT2D eigenvalue weighted by atomic mass is 10.0. The van der Waals surface area contributed by atoms with Crippen molar-refractivity contribution in [2.75, 3.05) is 19.7 Å². The van der Waals surface area contributed by atoms with Gasteiger partial charge in [0.25, 0.3) is 0 Å². The van der Waals surface area contributed by atoms with E-state index in [1.54, 1.807) is 12.1 Å². The Morgan fingerprint density at radius 2 is 2.09 bits per heavy atom. The molecule has 1 atom stereocenters. The van der Waals surface area contributed by atoms with Crippen LogP contribution in [-0.4, -0.2) is 30.8 Å². The summed E-state index contributed by atoms with van der Waals surface area (Å²) in [5.41, 5.74) is 0.553. The molecule has 0 amide bonds. The number of benzene rings is 1. The maximum Gasteiger partial charge on any atom is 0.191 e. The lowest BCUT2D eigenvalue weighted by molar-refractivity contribution is 0.251. The predicted molar refractivity (Wildman–Crippen MR) is 97.0 cm³/mol. The lowest BCUT2D eigenvalue weighted by Crippen LogP contribution is -2.40. The van der Waals surface area contributed by atoms with Crippen LogP contribution in [0.1, 0.15) is 38.7 Å². The third kappa shape index (κ3) is 7.79. The molecule has 1 aromatic carbocycles. The molecule has 0 bridgehead atoms. The Labute approximate surface area is 146 Å². The second-order valence-electron chi connectivity index (χ2n) is 5.48. The van der Waals surface area contributed by atoms with Gasteiger partial charge in [0.15, 0.2) is 5.96 Å². The second kappa shape index (κ2) is 11.4. The van der Waals surface area contributed by atoms with Crippen LogP contribution in [0.2, 0.25) is 0 Å². The summed E-state index contributed by atoms with van der Waals surface area (Å²) in [6.45, 7) is 6.10. The van der Waals surface area contributed by atoms with E-state index >= 15 is 0 Å². The third-order valence-corrected chi connectivity index (χ3v) is 4.05. The molecule has 0 saturated carbocycles. The van der Waals surface area contributed by atoms with E-state index in [0.29, 0.717) is 17.4 Å². The van der Waals surface area contributed by atoms with Crippen molar-refractivity contribution in [3.63, 3.8) is 0 Å². The van der Waals surface area contributed by atoms with Gasteiger partial charge in [0.2, 0.25) is 0 Å². The van der Waals surface area contributed by atoms with Crippen LogP contribution in [0.5, 0.6) is 0 Å². The van der Waals surface area contributed by atoms with E-state index in [1.165, 1.54) is 6.07 Å². The molecule has 1 unspecified atom stereocenters. The Balaban J connectivity index is 2.67. The average molecular weight is 388 g/mol. The molecule has 1 aromatic rings. The standard InChI is InChI=1S/C17H27BrFN3O/c1-3-5-13(8-9-23)11-21-17(20-4-2)22-12-14-10-15(18)6-7-16(14)19/h6-7,10,13,23H,3-5,8-9,11-12H2,1-2H3,(H2,20,21,22). The number of halogens is 2. The minimum Gasteiger partial charge on any atom is -0.396 e. The maximum atomic E-state index is 13.8. The molecule has 0 aliphatic rings. The summed E-state index contributed by atoms with van der Waals surface area (Å²) >= 11 is 3.35. The van der Waals surface area contributed by atoms with Crippen molar-refractivity contribution in [2.24, 2.45) is 10.9 Å². The zero-order valence-electron chi connectivity index (χ0n) is 13.9. The topological polar surface area (TPSA) is 56.6 Å². The van der Waals surface area contributed by atoms with Crippen LogP contribution < -0.4 is 10.6 Å². The molecular weight excluding hydrogens is 361 g/mol. The summed E-state index contributed by atoms with van der Waals surface area (Å²) in [5.74, 6) is 0.833. The van der Waals surface area contributed by atoms with Crippen molar-refractivity contribution < 1.29 is 9.50 Å². The number of hydrogen-bond acceptors (Lipinski definition) is 2. The van der Waals surface area contributed by atoms with Gasteiger partial charge in [-0.3, -0.25) is 0 Å². The van der Waals surface area contributed by atoms with Gasteiger partial charge in [0.1, 0.15) is 5.82 Å². The van der Waals surface area contributed by atoms with Gasteiger partial charge < -0.3 is 15.7 Å². The summed E-state index contributed by atoms with van der Waals surface area (Å²) in [5, 5.41) is 15.6. The molecule has 6 heteroatoms. The smallest absolute Gasteiger partial charge is 0.191 e. The van der Waals surface area contributed by atoms with Gasteiger partial charge in [-0.25, -0.2) is 9.38 Å². The maximum absolute atomic E-state index is 13.8. The van der Waals surface area contributed by atoms with Crippen LogP contribution in [0.15, 0.2) is 27.7 Å². The zero-order chi connectivity index (χ0) is 17.1. The van der Waals surface area contributed by atoms with Gasteiger partial charge in [-0.05, 0) is 43.9 Å². The van der Waals surface area contributed by atoms with E-state index in [1.807, 2.05) is 6.92 Å². The number of hydrogen-bond donors (Lipinski definition) is 3. The highest BCUT2D eigenvalue weighted by Crippen LogP contribution is 2.16. The molecular formula is C17H27BrFN3O. The predicted octanol–water partition coefficient (Wildman–Crippen LogP) is 3.44. The highest BCUT2D eigenvalue weighted by Gasteiger charge is 2.09. The molecule has 4 nitrogen and oxygen atoms in total. The molecule has 0 aliphatic carbocycles. The zero-order valence-corrected chi connectivity index (χ0v) is 15.5. The first-order valence-corrected chi connectivity index (χ1v) is 8.96. The molecule has 23 heavy (non-hydrogen) atoms. The van der Waals surface area contributed by atoms with Crippen LogP contribution in [0.25, 0.3) is 0 Å². The van der Waals surface area contributed by atoms with E-state index < -0.39 is 0 Å². The van der Waals surface area contributed by atoms with E-state index in [2.05, 4.69) is 38.5 Å². The Morgan fingerprint density at radius 1 is 1.30 bits per heavy atom. The van der Waals surface area contributed by atoms with Crippen LogP contribution in [0.3, 0.4) is 0 Å². The molecule has 0 aliphatic heterocycles. The molecule has 0 spiro atoms. The minimum absolute atomic E-state index is 0.198. The van der Waals surface area contributed by atoms with Crippen molar-refractivity contribution in [2.45, 2.75) is 39.7 Å². The fourth-order valence-corrected chi connectivity index (χ4v) is 2.76. The first kappa shape index (κ1) is 19.9. The normalized spacial score (nSPS) is 13.0. The quantitative estimate of drug-likeness (QED) is 0.449. The van der Waals surface area contributed by atoms with Crippen LogP contribution in [0.4, 0.5) is 4.39 Å². The highest BCUT2D eigenvalue weighted by atomic mass is 79.9. The average Bonchev–Trinajstić information content (AvgIpc) is 2.53. The molecule has 0 fully saturated rings. The number of aliphatic hydroxyl groups excluding tert-OH is 1. The van der Waals surface area contributed by atoms with Gasteiger partial charge in [0, 0.05) is 29.7 Å². The molecule has 0 heterocycles. The second-order valence-corrected chi connectivity index (χ2v) is 6.39. The molecule has 0 aromatic heterocycles. The Hall–Kier alpha value is -1.14. The van der Waals surface area contributed by atoms with Gasteiger partial charge >= 0.3 is 0 Å². The number of guanidine groups is 1. The first-order valence-electron chi connectivity index (χ1n) is 8.17. The summed E-state index contributed by atoms with van der Waals surface area (Å²) in [6, 6.07) is 4.86. The monoisotopic (exact) mass is 387 g/mol. The van der Waals surface area contributed by atoms with Crippen LogP contribution in [-0.2, 0) is 6.54 Å². The highest BCUT2D eigenvalue weighted by molar-refractivity contribution is 9.10. The van der Waals surface area contributed by atoms with Crippen molar-refractivity contribution in [3.8, 4) is 0 Å². The largest absolute Gasteiger partial charge is 0.396 e. The summed E-state index contributed by atoms with van der Waals surface area (Å²) in [7, 11) is 0. The van der Waals surface area contributed by atoms with Crippen molar-refractivity contribution in [1.82, 2.24) is 10.6 Å². The number of aliphatic imine (C=N–C) groups is 1. The molecule has 0 saturated heterocycles. The van der Waals surface area contributed by atoms with Crippen molar-refractivity contribution in [3.05, 3.63) is 34.1 Å². The van der Waals surface area contributed by atoms with E-state index in [-0.39, 0.29) is 19.0 Å². The summed E-state index contributed by atoms with van der Waals surface area (Å²) < 4.78 is 14.6. The molecule has 130 valence electrons. The van der Waals surface area contributed by atoms with Crippen molar-refractivity contribution >= 4 is 21.9 Å². The fraction of sp³-hybridized carbons (Fsp3) is 0.588.